The van der Waals surface area contributed by atoms with Crippen LogP contribution in [0.15, 0.2) is 0 Å². The molecule has 0 bridgehead atoms. The molecule has 0 N–H and O–H groups in total. The molecule has 0 aromatic heterocycles. The Morgan fingerprint density at radius 2 is 1.25 bits per heavy atom. The van der Waals surface area contributed by atoms with Gasteiger partial charge in [0.2, 0.25) is 5.41 Å². The fourth-order valence-electron chi connectivity index (χ4n) is 0.0750. The fourth-order valence-corrected chi connectivity index (χ4v) is 0.0750. The molecule has 0 aromatic rings. The van der Waals surface area contributed by atoms with Crippen molar-refractivity contribution >= 4 is 0 Å². The molecule has 0 amide bonds. The van der Waals surface area contributed by atoms with E-state index in [1.807, 2.05) is 0 Å². The molecule has 37 valence electrons. The average molecular weight is 104 g/mol. The Morgan fingerprint density at radius 1 is 1.00 bits per heavy atom. The van der Waals surface area contributed by atoms with Gasteiger partial charge in [-0.2, -0.15) is 15.8 Å². The molecule has 0 unspecified atom stereocenters. The van der Waals surface area contributed by atoms with Crippen molar-refractivity contribution in [3.8, 4) is 18.2 Å². The maximum absolute atomic E-state index is 8.03. The van der Waals surface area contributed by atoms with Crippen molar-refractivity contribution in [3.05, 3.63) is 6.92 Å². The monoisotopic (exact) mass is 104 g/mol. The lowest BCUT2D eigenvalue weighted by Gasteiger charge is -1.93. The molecule has 3 heteroatoms. The summed E-state index contributed by atoms with van der Waals surface area (Å²) in [6.45, 7) is 3.04. The molecule has 0 atom stereocenters. The summed E-state index contributed by atoms with van der Waals surface area (Å²) in [4.78, 5) is 0. The van der Waals surface area contributed by atoms with Crippen LogP contribution < -0.4 is 0 Å². The van der Waals surface area contributed by atoms with Gasteiger partial charge in [0.05, 0.1) is 0 Å². The van der Waals surface area contributed by atoms with E-state index in [-0.39, 0.29) is 0 Å². The van der Waals surface area contributed by atoms with E-state index in [9.17, 15) is 0 Å². The maximum atomic E-state index is 8.03. The van der Waals surface area contributed by atoms with Crippen molar-refractivity contribution in [1.29, 1.82) is 15.8 Å². The van der Waals surface area contributed by atoms with Crippen LogP contribution in [-0.4, -0.2) is 0 Å². The number of hydrogen-bond acceptors (Lipinski definition) is 3. The number of hydrogen-bond donors (Lipinski definition) is 0. The third kappa shape index (κ3) is 0.965. The first-order chi connectivity index (χ1) is 3.68. The Labute approximate surface area is 47.4 Å². The largest absolute Gasteiger partial charge is 0.228 e. The Bertz CT molecular complexity index is 161. The summed E-state index contributed by atoms with van der Waals surface area (Å²) in [5.74, 6) is 0. The second-order valence-corrected chi connectivity index (χ2v) is 1.24. The first-order valence-corrected chi connectivity index (χ1v) is 1.77. The van der Waals surface area contributed by atoms with Crippen molar-refractivity contribution < 1.29 is 0 Å². The molecule has 0 fully saturated rings. The molecule has 0 saturated heterocycles. The molecule has 8 heavy (non-hydrogen) atoms. The van der Waals surface area contributed by atoms with Crippen LogP contribution in [0.4, 0.5) is 0 Å². The van der Waals surface area contributed by atoms with E-state index in [2.05, 4.69) is 6.92 Å². The van der Waals surface area contributed by atoms with Gasteiger partial charge in [-0.25, -0.2) is 0 Å². The number of nitriles is 3. The minimum absolute atomic E-state index is 1.44. The van der Waals surface area contributed by atoms with Crippen LogP contribution in [0.25, 0.3) is 0 Å². The summed E-state index contributed by atoms with van der Waals surface area (Å²) in [5.41, 5.74) is -1.71. The highest BCUT2D eigenvalue weighted by Gasteiger charge is 2.21. The third-order valence-electron chi connectivity index (χ3n) is 0.573. The molecule has 0 aliphatic rings. The molecule has 0 spiro atoms. The Balaban J connectivity index is 4.42. The molecule has 0 aromatic carbocycles. The van der Waals surface area contributed by atoms with Gasteiger partial charge in [-0.1, -0.05) is 0 Å². The van der Waals surface area contributed by atoms with E-state index in [1.54, 1.807) is 0 Å². The predicted molar refractivity (Wildman–Crippen MR) is 24.6 cm³/mol. The summed E-state index contributed by atoms with van der Waals surface area (Å²) in [7, 11) is 0. The van der Waals surface area contributed by atoms with Crippen molar-refractivity contribution in [2.75, 3.05) is 0 Å². The Morgan fingerprint density at radius 3 is 1.25 bits per heavy atom. The molecule has 0 heterocycles. The summed E-state index contributed by atoms with van der Waals surface area (Å²) < 4.78 is 0. The molecular weight excluding hydrogens is 102 g/mol. The SMILES string of the molecule is [CH2]C(C#N)(C#N)C#N. The van der Waals surface area contributed by atoms with Gasteiger partial charge in [0.25, 0.3) is 0 Å². The van der Waals surface area contributed by atoms with Crippen LogP contribution in [0.2, 0.25) is 0 Å². The van der Waals surface area contributed by atoms with Crippen LogP contribution >= 0.6 is 0 Å². The lowest BCUT2D eigenvalue weighted by molar-refractivity contribution is 0.871. The summed E-state index contributed by atoms with van der Waals surface area (Å²) in [5, 5.41) is 24.1. The lowest BCUT2D eigenvalue weighted by Crippen LogP contribution is -2.05. The standard InChI is InChI=1S/C5H2N3/c1-5(2-6,3-7)4-8/h1H2. The van der Waals surface area contributed by atoms with Gasteiger partial charge in [0.1, 0.15) is 18.2 Å². The van der Waals surface area contributed by atoms with Gasteiger partial charge in [0, 0.05) is 0 Å². The minimum Gasteiger partial charge on any atom is -0.195 e. The Hall–Kier alpha value is -1.53. The second-order valence-electron chi connectivity index (χ2n) is 1.24. The number of nitrogens with zero attached hydrogens (tertiary/aromatic N) is 3. The highest BCUT2D eigenvalue weighted by Crippen LogP contribution is 2.08. The van der Waals surface area contributed by atoms with Crippen LogP contribution in [0.3, 0.4) is 0 Å². The Kier molecular flexibility index (Phi) is 1.58. The normalized spacial score (nSPS) is 8.25. The lowest BCUT2D eigenvalue weighted by atomic mass is 9.98. The van der Waals surface area contributed by atoms with E-state index >= 15 is 0 Å². The highest BCUT2D eigenvalue weighted by atomic mass is 14.4. The van der Waals surface area contributed by atoms with E-state index in [0.29, 0.717) is 0 Å². The zero-order chi connectivity index (χ0) is 6.62. The molecule has 0 aliphatic heterocycles. The van der Waals surface area contributed by atoms with E-state index in [4.69, 9.17) is 15.8 Å². The summed E-state index contributed by atoms with van der Waals surface area (Å²) >= 11 is 0. The third-order valence-corrected chi connectivity index (χ3v) is 0.573. The van der Waals surface area contributed by atoms with Crippen molar-refractivity contribution in [3.63, 3.8) is 0 Å². The van der Waals surface area contributed by atoms with Crippen LogP contribution in [0.5, 0.6) is 0 Å². The summed E-state index contributed by atoms with van der Waals surface area (Å²) in [6, 6.07) is 4.33. The molecule has 1 radical (unpaired) electrons. The molecule has 0 aliphatic carbocycles. The van der Waals surface area contributed by atoms with Gasteiger partial charge in [-0.05, 0) is 6.92 Å². The van der Waals surface area contributed by atoms with Crippen molar-refractivity contribution in [2.45, 2.75) is 0 Å². The average Bonchev–Trinajstić information content (AvgIpc) is 1.87. The molecule has 0 saturated carbocycles. The summed E-state index contributed by atoms with van der Waals surface area (Å²) in [6.07, 6.45) is 0. The van der Waals surface area contributed by atoms with Crippen molar-refractivity contribution in [2.24, 2.45) is 5.41 Å². The fraction of sp³-hybridized carbons (Fsp3) is 0.200. The van der Waals surface area contributed by atoms with Gasteiger partial charge in [-0.3, -0.25) is 0 Å². The quantitative estimate of drug-likeness (QED) is 0.446. The first-order valence-electron chi connectivity index (χ1n) is 1.77. The first kappa shape index (κ1) is 6.47. The number of rotatable bonds is 0. The predicted octanol–water partition coefficient (Wildman–Crippen LogP) is 0.378. The zero-order valence-corrected chi connectivity index (χ0v) is 4.05. The maximum Gasteiger partial charge on any atom is 0.228 e. The van der Waals surface area contributed by atoms with Gasteiger partial charge in [0.15, 0.2) is 0 Å². The van der Waals surface area contributed by atoms with E-state index < -0.39 is 5.41 Å². The highest BCUT2D eigenvalue weighted by molar-refractivity contribution is 5.27. The molecule has 3 nitrogen and oxygen atoms in total. The topological polar surface area (TPSA) is 71.4 Å². The van der Waals surface area contributed by atoms with E-state index in [1.165, 1.54) is 18.2 Å². The van der Waals surface area contributed by atoms with Crippen molar-refractivity contribution in [1.82, 2.24) is 0 Å². The van der Waals surface area contributed by atoms with Crippen LogP contribution in [-0.2, 0) is 0 Å². The molecular formula is C5H2N3. The van der Waals surface area contributed by atoms with Crippen LogP contribution in [0, 0.1) is 46.3 Å². The minimum atomic E-state index is -1.71. The zero-order valence-electron chi connectivity index (χ0n) is 4.05. The molecule has 0 rings (SSSR count). The van der Waals surface area contributed by atoms with Gasteiger partial charge in [-0.15, -0.1) is 0 Å². The van der Waals surface area contributed by atoms with Crippen LogP contribution in [0.1, 0.15) is 0 Å². The van der Waals surface area contributed by atoms with Gasteiger partial charge < -0.3 is 0 Å². The second kappa shape index (κ2) is 1.96. The van der Waals surface area contributed by atoms with Gasteiger partial charge >= 0.3 is 0 Å². The van der Waals surface area contributed by atoms with E-state index in [0.717, 1.165) is 0 Å². The smallest absolute Gasteiger partial charge is 0.195 e.